The summed E-state index contributed by atoms with van der Waals surface area (Å²) in [6.07, 6.45) is 3.52. The van der Waals surface area contributed by atoms with Crippen LogP contribution in [0.3, 0.4) is 0 Å². The van der Waals surface area contributed by atoms with Crippen LogP contribution in [0.15, 0.2) is 0 Å². The van der Waals surface area contributed by atoms with Crippen LogP contribution in [0, 0.1) is 0 Å². The first kappa shape index (κ1) is 13.8. The Morgan fingerprint density at radius 2 is 1.90 bits per heavy atom. The van der Waals surface area contributed by atoms with Gasteiger partial charge in [-0.3, -0.25) is 14.5 Å². The molecule has 0 spiro atoms. The van der Waals surface area contributed by atoms with Crippen molar-refractivity contribution in [2.24, 2.45) is 5.73 Å². The van der Waals surface area contributed by atoms with E-state index in [-0.39, 0.29) is 17.9 Å². The number of fused-ring (bicyclic) bond motifs is 1. The number of carbonyl (C=O) groups is 2. The summed E-state index contributed by atoms with van der Waals surface area (Å²) in [6.45, 7) is 4.48. The van der Waals surface area contributed by atoms with E-state index < -0.39 is 0 Å². The predicted octanol–water partition coefficient (Wildman–Crippen LogP) is -0.757. The maximum absolute atomic E-state index is 12.4. The van der Waals surface area contributed by atoms with Crippen LogP contribution >= 0.6 is 0 Å². The number of carbonyl (C=O) groups excluding carboxylic acids is 2. The number of rotatable bonds is 2. The van der Waals surface area contributed by atoms with E-state index in [1.807, 2.05) is 9.80 Å². The van der Waals surface area contributed by atoms with Gasteiger partial charge in [0.15, 0.2) is 0 Å². The number of nitrogens with two attached hydrogens (primary N) is 1. The second kappa shape index (κ2) is 5.69. The molecule has 2 N–H and O–H groups in total. The van der Waals surface area contributed by atoms with Crippen molar-refractivity contribution in [3.8, 4) is 0 Å². The largest absolute Gasteiger partial charge is 0.338 e. The molecule has 3 rings (SSSR count). The summed E-state index contributed by atoms with van der Waals surface area (Å²) in [7, 11) is 0. The van der Waals surface area contributed by atoms with Crippen LogP contribution in [-0.2, 0) is 9.59 Å². The lowest BCUT2D eigenvalue weighted by molar-refractivity contribution is -0.140. The SMILES string of the molecule is NC1CCN(CC(=O)N2CCN3C(=O)CCC3C2)CC1. The van der Waals surface area contributed by atoms with E-state index in [2.05, 4.69) is 4.90 Å². The van der Waals surface area contributed by atoms with Crippen molar-refractivity contribution in [3.05, 3.63) is 0 Å². The second-order valence-electron chi connectivity index (χ2n) is 6.23. The van der Waals surface area contributed by atoms with E-state index in [0.717, 1.165) is 38.9 Å². The van der Waals surface area contributed by atoms with Crippen molar-refractivity contribution in [1.82, 2.24) is 14.7 Å². The van der Waals surface area contributed by atoms with E-state index >= 15 is 0 Å². The maximum atomic E-state index is 12.4. The van der Waals surface area contributed by atoms with Crippen molar-refractivity contribution in [3.63, 3.8) is 0 Å². The molecule has 0 aliphatic carbocycles. The van der Waals surface area contributed by atoms with E-state index in [1.165, 1.54) is 0 Å². The fourth-order valence-corrected chi connectivity index (χ4v) is 3.49. The minimum Gasteiger partial charge on any atom is -0.338 e. The highest BCUT2D eigenvalue weighted by Gasteiger charge is 2.37. The molecule has 0 bridgehead atoms. The van der Waals surface area contributed by atoms with Gasteiger partial charge < -0.3 is 15.5 Å². The van der Waals surface area contributed by atoms with Gasteiger partial charge in [0, 0.05) is 51.2 Å². The lowest BCUT2D eigenvalue weighted by Gasteiger charge is -2.39. The summed E-state index contributed by atoms with van der Waals surface area (Å²) < 4.78 is 0. The number of hydrogen-bond acceptors (Lipinski definition) is 4. The van der Waals surface area contributed by atoms with E-state index in [1.54, 1.807) is 0 Å². The molecule has 6 nitrogen and oxygen atoms in total. The molecule has 112 valence electrons. The van der Waals surface area contributed by atoms with Crippen molar-refractivity contribution in [1.29, 1.82) is 0 Å². The van der Waals surface area contributed by atoms with Crippen LogP contribution in [0.5, 0.6) is 0 Å². The Labute approximate surface area is 119 Å². The van der Waals surface area contributed by atoms with Crippen LogP contribution in [0.2, 0.25) is 0 Å². The van der Waals surface area contributed by atoms with Gasteiger partial charge in [-0.25, -0.2) is 0 Å². The number of piperazine rings is 1. The molecule has 3 heterocycles. The first-order valence-electron chi connectivity index (χ1n) is 7.68. The van der Waals surface area contributed by atoms with Gasteiger partial charge in [-0.05, 0) is 19.3 Å². The zero-order chi connectivity index (χ0) is 14.1. The highest BCUT2D eigenvalue weighted by Crippen LogP contribution is 2.23. The molecule has 1 atom stereocenters. The van der Waals surface area contributed by atoms with Crippen molar-refractivity contribution in [2.45, 2.75) is 37.8 Å². The summed E-state index contributed by atoms with van der Waals surface area (Å²) >= 11 is 0. The molecule has 3 fully saturated rings. The summed E-state index contributed by atoms with van der Waals surface area (Å²) in [4.78, 5) is 30.1. The number of amides is 2. The Morgan fingerprint density at radius 3 is 2.65 bits per heavy atom. The third-order valence-electron chi connectivity index (χ3n) is 4.84. The molecule has 6 heteroatoms. The minimum absolute atomic E-state index is 0.208. The Balaban J connectivity index is 1.50. The summed E-state index contributed by atoms with van der Waals surface area (Å²) in [5, 5.41) is 0. The first-order valence-corrected chi connectivity index (χ1v) is 7.68. The zero-order valence-corrected chi connectivity index (χ0v) is 12.0. The van der Waals surface area contributed by atoms with Crippen molar-refractivity contribution in [2.75, 3.05) is 39.3 Å². The number of nitrogens with zero attached hydrogens (tertiary/aromatic N) is 3. The van der Waals surface area contributed by atoms with E-state index in [4.69, 9.17) is 5.73 Å². The molecule has 0 saturated carbocycles. The van der Waals surface area contributed by atoms with Gasteiger partial charge in [-0.15, -0.1) is 0 Å². The topological polar surface area (TPSA) is 69.9 Å². The second-order valence-corrected chi connectivity index (χ2v) is 6.23. The van der Waals surface area contributed by atoms with Gasteiger partial charge in [0.1, 0.15) is 0 Å². The molecular formula is C14H24N4O2. The van der Waals surface area contributed by atoms with E-state index in [9.17, 15) is 9.59 Å². The molecule has 0 aromatic carbocycles. The Kier molecular flexibility index (Phi) is 3.94. The molecule has 1 unspecified atom stereocenters. The Hall–Kier alpha value is -1.14. The number of likely N-dealkylation sites (tertiary alicyclic amines) is 1. The first-order chi connectivity index (χ1) is 9.63. The molecule has 0 radical (unpaired) electrons. The Bertz CT molecular complexity index is 393. The van der Waals surface area contributed by atoms with Gasteiger partial charge in [0.05, 0.1) is 6.54 Å². The third-order valence-corrected chi connectivity index (χ3v) is 4.84. The molecule has 3 saturated heterocycles. The molecule has 2 amide bonds. The fraction of sp³-hybridized carbons (Fsp3) is 0.857. The molecule has 3 aliphatic rings. The number of hydrogen-bond donors (Lipinski definition) is 1. The summed E-state index contributed by atoms with van der Waals surface area (Å²) in [5.74, 6) is 0.464. The van der Waals surface area contributed by atoms with Gasteiger partial charge >= 0.3 is 0 Å². The lowest BCUT2D eigenvalue weighted by atomic mass is 10.1. The van der Waals surface area contributed by atoms with Gasteiger partial charge in [0.25, 0.3) is 0 Å². The predicted molar refractivity (Wildman–Crippen MR) is 75.0 cm³/mol. The van der Waals surface area contributed by atoms with Gasteiger partial charge in [0.2, 0.25) is 11.8 Å². The highest BCUT2D eigenvalue weighted by atomic mass is 16.2. The van der Waals surface area contributed by atoms with Crippen molar-refractivity contribution < 1.29 is 9.59 Å². The standard InChI is InChI=1S/C14H24N4O2/c15-11-3-5-16(6-4-11)10-14(20)17-7-8-18-12(9-17)1-2-13(18)19/h11-12H,1-10,15H2. The normalized spacial score (nSPS) is 28.9. The molecule has 3 aliphatic heterocycles. The third kappa shape index (κ3) is 2.81. The van der Waals surface area contributed by atoms with Crippen LogP contribution in [-0.4, -0.2) is 77.9 Å². The van der Waals surface area contributed by atoms with Crippen LogP contribution < -0.4 is 5.73 Å². The van der Waals surface area contributed by atoms with Crippen LogP contribution in [0.1, 0.15) is 25.7 Å². The molecule has 20 heavy (non-hydrogen) atoms. The molecule has 0 aromatic rings. The summed E-state index contributed by atoms with van der Waals surface area (Å²) in [6, 6.07) is 0.560. The van der Waals surface area contributed by atoms with Gasteiger partial charge in [-0.2, -0.15) is 0 Å². The quantitative estimate of drug-likeness (QED) is 0.722. The minimum atomic E-state index is 0.208. The van der Waals surface area contributed by atoms with Gasteiger partial charge in [-0.1, -0.05) is 0 Å². The lowest BCUT2D eigenvalue weighted by Crippen LogP contribution is -2.55. The Morgan fingerprint density at radius 1 is 1.15 bits per heavy atom. The monoisotopic (exact) mass is 280 g/mol. The number of piperidine rings is 1. The zero-order valence-electron chi connectivity index (χ0n) is 12.0. The van der Waals surface area contributed by atoms with Crippen molar-refractivity contribution >= 4 is 11.8 Å². The highest BCUT2D eigenvalue weighted by molar-refractivity contribution is 5.81. The molecule has 0 aromatic heterocycles. The van der Waals surface area contributed by atoms with Crippen LogP contribution in [0.4, 0.5) is 0 Å². The molecular weight excluding hydrogens is 256 g/mol. The average Bonchev–Trinajstić information content (AvgIpc) is 2.82. The average molecular weight is 280 g/mol. The maximum Gasteiger partial charge on any atom is 0.236 e. The fourth-order valence-electron chi connectivity index (χ4n) is 3.49. The smallest absolute Gasteiger partial charge is 0.236 e. The summed E-state index contributed by atoms with van der Waals surface area (Å²) in [5.41, 5.74) is 5.88. The van der Waals surface area contributed by atoms with Crippen LogP contribution in [0.25, 0.3) is 0 Å². The van der Waals surface area contributed by atoms with E-state index in [0.29, 0.717) is 32.1 Å².